The number of hydrogen-bond donors (Lipinski definition) is 2. The number of carbonyl (C=O) groups is 1. The monoisotopic (exact) mass is 350 g/mol. The van der Waals surface area contributed by atoms with Crippen LogP contribution in [-0.4, -0.2) is 62.7 Å². The minimum atomic E-state index is 0.180. The average Bonchev–Trinajstić information content (AvgIpc) is 3.14. The lowest BCUT2D eigenvalue weighted by Crippen LogP contribution is -2.50. The SMILES string of the molecule is CCNC(=NCCc1ccco1)NC1CCN(C(=O)CCOC)CC1. The number of aliphatic imine (C=N–C) groups is 1. The van der Waals surface area contributed by atoms with E-state index in [2.05, 4.69) is 22.5 Å². The van der Waals surface area contributed by atoms with E-state index < -0.39 is 0 Å². The predicted molar refractivity (Wildman–Crippen MR) is 97.6 cm³/mol. The van der Waals surface area contributed by atoms with E-state index in [0.717, 1.165) is 50.6 Å². The van der Waals surface area contributed by atoms with Crippen LogP contribution in [0.1, 0.15) is 31.9 Å². The van der Waals surface area contributed by atoms with Gasteiger partial charge in [-0.2, -0.15) is 0 Å². The first-order valence-corrected chi connectivity index (χ1v) is 9.07. The summed E-state index contributed by atoms with van der Waals surface area (Å²) in [5.41, 5.74) is 0. The van der Waals surface area contributed by atoms with Gasteiger partial charge in [0.1, 0.15) is 5.76 Å². The Bertz CT molecular complexity index is 522. The highest BCUT2D eigenvalue weighted by atomic mass is 16.5. The molecule has 7 heteroatoms. The molecule has 1 saturated heterocycles. The number of rotatable bonds is 8. The van der Waals surface area contributed by atoms with Gasteiger partial charge in [0.25, 0.3) is 0 Å². The molecule has 2 rings (SSSR count). The Hall–Kier alpha value is -2.02. The fourth-order valence-corrected chi connectivity index (χ4v) is 2.87. The minimum Gasteiger partial charge on any atom is -0.469 e. The molecule has 1 amide bonds. The lowest BCUT2D eigenvalue weighted by molar-refractivity contribution is -0.133. The number of piperidine rings is 1. The molecule has 2 heterocycles. The maximum atomic E-state index is 12.0. The number of methoxy groups -OCH3 is 1. The third-order valence-electron chi connectivity index (χ3n) is 4.26. The minimum absolute atomic E-state index is 0.180. The zero-order chi connectivity index (χ0) is 17.9. The van der Waals surface area contributed by atoms with Crippen molar-refractivity contribution in [2.45, 2.75) is 38.6 Å². The van der Waals surface area contributed by atoms with Gasteiger partial charge in [-0.15, -0.1) is 0 Å². The van der Waals surface area contributed by atoms with Gasteiger partial charge >= 0.3 is 0 Å². The maximum absolute atomic E-state index is 12.0. The molecule has 2 N–H and O–H groups in total. The molecule has 7 nitrogen and oxygen atoms in total. The molecule has 0 aliphatic carbocycles. The van der Waals surface area contributed by atoms with E-state index in [0.29, 0.717) is 25.6 Å². The van der Waals surface area contributed by atoms with Gasteiger partial charge in [0, 0.05) is 45.8 Å². The molecule has 0 radical (unpaired) electrons. The van der Waals surface area contributed by atoms with Crippen LogP contribution in [0.4, 0.5) is 0 Å². The van der Waals surface area contributed by atoms with Gasteiger partial charge in [0.2, 0.25) is 5.91 Å². The van der Waals surface area contributed by atoms with Crippen LogP contribution in [0.2, 0.25) is 0 Å². The van der Waals surface area contributed by atoms with Crippen molar-refractivity contribution in [2.24, 2.45) is 4.99 Å². The first-order chi connectivity index (χ1) is 12.2. The third-order valence-corrected chi connectivity index (χ3v) is 4.26. The van der Waals surface area contributed by atoms with Gasteiger partial charge in [-0.05, 0) is 31.9 Å². The zero-order valence-electron chi connectivity index (χ0n) is 15.3. The Kier molecular flexibility index (Phi) is 8.31. The summed E-state index contributed by atoms with van der Waals surface area (Å²) in [5, 5.41) is 6.77. The van der Waals surface area contributed by atoms with Crippen molar-refractivity contribution in [3.63, 3.8) is 0 Å². The Morgan fingerprint density at radius 2 is 2.24 bits per heavy atom. The molecule has 1 aliphatic rings. The second-order valence-corrected chi connectivity index (χ2v) is 6.13. The average molecular weight is 350 g/mol. The predicted octanol–water partition coefficient (Wildman–Crippen LogP) is 1.40. The molecule has 0 unspecified atom stereocenters. The van der Waals surface area contributed by atoms with E-state index in [1.54, 1.807) is 13.4 Å². The van der Waals surface area contributed by atoms with Gasteiger partial charge in [0.05, 0.1) is 19.3 Å². The van der Waals surface area contributed by atoms with Crippen LogP contribution in [0.3, 0.4) is 0 Å². The molecule has 0 bridgehead atoms. The van der Waals surface area contributed by atoms with Crippen LogP contribution in [-0.2, 0) is 16.0 Å². The topological polar surface area (TPSA) is 79.1 Å². The summed E-state index contributed by atoms with van der Waals surface area (Å²) in [6.45, 7) is 5.61. The largest absolute Gasteiger partial charge is 0.469 e. The summed E-state index contributed by atoms with van der Waals surface area (Å²) in [5.74, 6) is 1.96. The first-order valence-electron chi connectivity index (χ1n) is 9.07. The van der Waals surface area contributed by atoms with Crippen molar-refractivity contribution in [3.8, 4) is 0 Å². The molecule has 25 heavy (non-hydrogen) atoms. The van der Waals surface area contributed by atoms with Crippen molar-refractivity contribution in [2.75, 3.05) is 39.9 Å². The Morgan fingerprint density at radius 3 is 2.88 bits per heavy atom. The molecule has 0 aromatic carbocycles. The number of nitrogens with zero attached hydrogens (tertiary/aromatic N) is 2. The molecule has 140 valence electrons. The number of nitrogens with one attached hydrogen (secondary N) is 2. The van der Waals surface area contributed by atoms with E-state index in [4.69, 9.17) is 9.15 Å². The number of amides is 1. The highest BCUT2D eigenvalue weighted by molar-refractivity contribution is 5.80. The summed E-state index contributed by atoms with van der Waals surface area (Å²) in [4.78, 5) is 18.6. The van der Waals surface area contributed by atoms with Crippen molar-refractivity contribution in [1.82, 2.24) is 15.5 Å². The lowest BCUT2D eigenvalue weighted by atomic mass is 10.0. The summed E-state index contributed by atoms with van der Waals surface area (Å²) in [6.07, 6.45) is 4.80. The van der Waals surface area contributed by atoms with E-state index in [1.165, 1.54) is 0 Å². The van der Waals surface area contributed by atoms with E-state index in [9.17, 15) is 4.79 Å². The highest BCUT2D eigenvalue weighted by Crippen LogP contribution is 2.11. The number of guanidine groups is 1. The first kappa shape index (κ1) is 19.3. The Morgan fingerprint density at radius 1 is 1.44 bits per heavy atom. The molecular weight excluding hydrogens is 320 g/mol. The molecule has 0 atom stereocenters. The smallest absolute Gasteiger partial charge is 0.224 e. The third kappa shape index (κ3) is 6.78. The highest BCUT2D eigenvalue weighted by Gasteiger charge is 2.23. The van der Waals surface area contributed by atoms with Crippen molar-refractivity contribution >= 4 is 11.9 Å². The molecule has 1 fully saturated rings. The zero-order valence-corrected chi connectivity index (χ0v) is 15.3. The quantitative estimate of drug-likeness (QED) is 0.547. The van der Waals surface area contributed by atoms with Crippen LogP contribution in [0, 0.1) is 0 Å². The van der Waals surface area contributed by atoms with Gasteiger partial charge in [-0.3, -0.25) is 9.79 Å². The number of carbonyl (C=O) groups excluding carboxylic acids is 1. The van der Waals surface area contributed by atoms with E-state index in [1.807, 2.05) is 17.0 Å². The van der Waals surface area contributed by atoms with Crippen LogP contribution in [0.25, 0.3) is 0 Å². The van der Waals surface area contributed by atoms with Crippen molar-refractivity contribution in [3.05, 3.63) is 24.2 Å². The van der Waals surface area contributed by atoms with Crippen LogP contribution in [0.15, 0.2) is 27.8 Å². The number of furan rings is 1. The van der Waals surface area contributed by atoms with Crippen LogP contribution in [0.5, 0.6) is 0 Å². The van der Waals surface area contributed by atoms with E-state index >= 15 is 0 Å². The fourth-order valence-electron chi connectivity index (χ4n) is 2.87. The summed E-state index contributed by atoms with van der Waals surface area (Å²) >= 11 is 0. The summed E-state index contributed by atoms with van der Waals surface area (Å²) < 4.78 is 10.3. The second-order valence-electron chi connectivity index (χ2n) is 6.13. The van der Waals surface area contributed by atoms with Gasteiger partial charge in [-0.25, -0.2) is 0 Å². The normalized spacial score (nSPS) is 16.1. The molecule has 1 aliphatic heterocycles. The van der Waals surface area contributed by atoms with Crippen LogP contribution >= 0.6 is 0 Å². The van der Waals surface area contributed by atoms with Crippen LogP contribution < -0.4 is 10.6 Å². The molecule has 1 aromatic heterocycles. The lowest BCUT2D eigenvalue weighted by Gasteiger charge is -2.33. The van der Waals surface area contributed by atoms with Crippen molar-refractivity contribution in [1.29, 1.82) is 0 Å². The number of likely N-dealkylation sites (tertiary alicyclic amines) is 1. The number of hydrogen-bond acceptors (Lipinski definition) is 4. The molecule has 1 aromatic rings. The summed E-state index contributed by atoms with van der Waals surface area (Å²) in [7, 11) is 1.62. The van der Waals surface area contributed by atoms with Gasteiger partial charge in [0.15, 0.2) is 5.96 Å². The second kappa shape index (κ2) is 10.8. The fraction of sp³-hybridized carbons (Fsp3) is 0.667. The Balaban J connectivity index is 1.75. The van der Waals surface area contributed by atoms with Gasteiger partial charge < -0.3 is 24.7 Å². The molecular formula is C18H30N4O3. The molecule has 0 saturated carbocycles. The summed E-state index contributed by atoms with van der Waals surface area (Å²) in [6, 6.07) is 4.20. The van der Waals surface area contributed by atoms with Crippen molar-refractivity contribution < 1.29 is 13.9 Å². The van der Waals surface area contributed by atoms with E-state index in [-0.39, 0.29) is 5.91 Å². The Labute approximate surface area is 149 Å². The maximum Gasteiger partial charge on any atom is 0.224 e. The van der Waals surface area contributed by atoms with Gasteiger partial charge in [-0.1, -0.05) is 0 Å². The number of ether oxygens (including phenoxy) is 1. The standard InChI is InChI=1S/C18H30N4O3/c1-3-19-18(20-10-6-16-5-4-13-25-16)21-15-7-11-22(12-8-15)17(23)9-14-24-2/h4-5,13,15H,3,6-12,14H2,1-2H3,(H2,19,20,21). The molecule has 0 spiro atoms.